The number of amides is 1. The monoisotopic (exact) mass is 324 g/mol. The van der Waals surface area contributed by atoms with Gasteiger partial charge in [0.05, 0.1) is 5.60 Å². The molecule has 4 rings (SSSR count). The third kappa shape index (κ3) is 3.10. The Kier molecular flexibility index (Phi) is 4.16. The molecule has 0 aromatic carbocycles. The van der Waals surface area contributed by atoms with Gasteiger partial charge in [-0.3, -0.25) is 0 Å². The molecule has 1 amide bonds. The highest BCUT2D eigenvalue weighted by Crippen LogP contribution is 2.52. The fourth-order valence-corrected chi connectivity index (χ4v) is 4.95. The molecule has 132 valence electrons. The van der Waals surface area contributed by atoms with E-state index >= 15 is 0 Å². The van der Waals surface area contributed by atoms with Crippen molar-refractivity contribution in [3.05, 3.63) is 0 Å². The Morgan fingerprint density at radius 2 is 1.74 bits per heavy atom. The van der Waals surface area contributed by atoms with Gasteiger partial charge < -0.3 is 20.5 Å². The molecule has 1 aliphatic heterocycles. The third-order valence-electron chi connectivity index (χ3n) is 6.31. The molecule has 4 aliphatic rings. The van der Waals surface area contributed by atoms with Gasteiger partial charge in [0, 0.05) is 18.6 Å². The van der Waals surface area contributed by atoms with Crippen molar-refractivity contribution in [2.24, 2.45) is 17.6 Å². The number of nitrogens with two attached hydrogens (primary N) is 1. The smallest absolute Gasteiger partial charge is 0.410 e. The number of piperidine rings is 1. The summed E-state index contributed by atoms with van der Waals surface area (Å²) < 4.78 is 5.44. The lowest BCUT2D eigenvalue weighted by Gasteiger charge is -2.58. The molecule has 3 N–H and O–H groups in total. The SMILES string of the molecule is CC(C)(C)OC(=O)N1CCC(O)(C2(N)CC3CCC2CC3)CC1. The molecule has 0 radical (unpaired) electrons. The molecule has 1 saturated heterocycles. The second kappa shape index (κ2) is 5.62. The van der Waals surface area contributed by atoms with Gasteiger partial charge in [0.2, 0.25) is 0 Å². The van der Waals surface area contributed by atoms with Crippen molar-refractivity contribution in [1.82, 2.24) is 4.90 Å². The summed E-state index contributed by atoms with van der Waals surface area (Å²) in [6.07, 6.45) is 6.63. The highest BCUT2D eigenvalue weighted by atomic mass is 16.6. The van der Waals surface area contributed by atoms with Crippen LogP contribution in [0.5, 0.6) is 0 Å². The van der Waals surface area contributed by atoms with Crippen molar-refractivity contribution < 1.29 is 14.6 Å². The zero-order valence-electron chi connectivity index (χ0n) is 14.8. The fraction of sp³-hybridized carbons (Fsp3) is 0.944. The molecule has 3 saturated carbocycles. The molecule has 3 aliphatic carbocycles. The number of carbonyl (C=O) groups is 1. The van der Waals surface area contributed by atoms with E-state index in [1.165, 1.54) is 12.8 Å². The van der Waals surface area contributed by atoms with Crippen LogP contribution in [0.1, 0.15) is 65.7 Å². The van der Waals surface area contributed by atoms with Crippen molar-refractivity contribution in [3.8, 4) is 0 Å². The van der Waals surface area contributed by atoms with E-state index in [9.17, 15) is 9.90 Å². The number of hydrogen-bond acceptors (Lipinski definition) is 4. The molecule has 1 atom stereocenters. The number of aliphatic hydroxyl groups is 1. The number of carbonyl (C=O) groups excluding carboxylic acids is 1. The van der Waals surface area contributed by atoms with Crippen molar-refractivity contribution in [1.29, 1.82) is 0 Å². The predicted molar refractivity (Wildman–Crippen MR) is 89.0 cm³/mol. The zero-order chi connectivity index (χ0) is 16.9. The minimum absolute atomic E-state index is 0.282. The van der Waals surface area contributed by atoms with Gasteiger partial charge in [0.15, 0.2) is 0 Å². The maximum Gasteiger partial charge on any atom is 0.410 e. The van der Waals surface area contributed by atoms with Crippen LogP contribution in [0, 0.1) is 11.8 Å². The van der Waals surface area contributed by atoms with E-state index in [-0.39, 0.29) is 6.09 Å². The van der Waals surface area contributed by atoms with Crippen LogP contribution in [0.2, 0.25) is 0 Å². The average molecular weight is 324 g/mol. The van der Waals surface area contributed by atoms with Gasteiger partial charge in [-0.2, -0.15) is 0 Å². The molecule has 0 spiro atoms. The molecule has 1 unspecified atom stereocenters. The van der Waals surface area contributed by atoms with E-state index in [2.05, 4.69) is 0 Å². The number of nitrogens with zero attached hydrogens (tertiary/aromatic N) is 1. The number of rotatable bonds is 1. The lowest BCUT2D eigenvalue weighted by Crippen LogP contribution is -2.70. The molecular weight excluding hydrogens is 292 g/mol. The first-order valence-corrected chi connectivity index (χ1v) is 9.12. The van der Waals surface area contributed by atoms with Gasteiger partial charge >= 0.3 is 6.09 Å². The Bertz CT molecular complexity index is 457. The molecule has 1 heterocycles. The van der Waals surface area contributed by atoms with E-state index in [0.717, 1.165) is 19.3 Å². The van der Waals surface area contributed by atoms with Crippen LogP contribution in [0.4, 0.5) is 4.79 Å². The number of hydrogen-bond donors (Lipinski definition) is 2. The second-order valence-corrected chi connectivity index (χ2v) is 8.96. The Morgan fingerprint density at radius 3 is 2.17 bits per heavy atom. The Morgan fingerprint density at radius 1 is 1.17 bits per heavy atom. The predicted octanol–water partition coefficient (Wildman–Crippen LogP) is 2.66. The van der Waals surface area contributed by atoms with Gasteiger partial charge in [-0.25, -0.2) is 4.79 Å². The van der Waals surface area contributed by atoms with Gasteiger partial charge in [0.25, 0.3) is 0 Å². The summed E-state index contributed by atoms with van der Waals surface area (Å²) in [7, 11) is 0. The highest BCUT2D eigenvalue weighted by molar-refractivity contribution is 5.68. The van der Waals surface area contributed by atoms with Crippen LogP contribution in [0.25, 0.3) is 0 Å². The van der Waals surface area contributed by atoms with Crippen LogP contribution in [-0.4, -0.2) is 45.9 Å². The third-order valence-corrected chi connectivity index (χ3v) is 6.31. The van der Waals surface area contributed by atoms with Crippen molar-refractivity contribution >= 4 is 6.09 Å². The minimum Gasteiger partial charge on any atom is -0.444 e. The number of fused-ring (bicyclic) bond motifs is 3. The average Bonchev–Trinajstić information content (AvgIpc) is 2.47. The number of likely N-dealkylation sites (tertiary alicyclic amines) is 1. The molecule has 0 aromatic heterocycles. The van der Waals surface area contributed by atoms with Crippen LogP contribution in [0.15, 0.2) is 0 Å². The van der Waals surface area contributed by atoms with E-state index in [1.54, 1.807) is 4.90 Å². The fourth-order valence-electron chi connectivity index (χ4n) is 4.95. The van der Waals surface area contributed by atoms with Gasteiger partial charge in [-0.15, -0.1) is 0 Å². The quantitative estimate of drug-likeness (QED) is 0.777. The zero-order valence-corrected chi connectivity index (χ0v) is 14.8. The largest absolute Gasteiger partial charge is 0.444 e. The molecule has 5 heteroatoms. The van der Waals surface area contributed by atoms with E-state index in [1.807, 2.05) is 20.8 Å². The molecule has 0 aromatic rings. The maximum atomic E-state index is 12.2. The molecule has 2 bridgehead atoms. The molecular formula is C18H32N2O3. The summed E-state index contributed by atoms with van der Waals surface area (Å²) in [6.45, 7) is 6.68. The van der Waals surface area contributed by atoms with Crippen LogP contribution < -0.4 is 5.73 Å². The minimum atomic E-state index is -0.838. The Hall–Kier alpha value is -0.810. The topological polar surface area (TPSA) is 75.8 Å². The summed E-state index contributed by atoms with van der Waals surface area (Å²) in [4.78, 5) is 13.9. The first-order valence-electron chi connectivity index (χ1n) is 9.12. The first-order chi connectivity index (χ1) is 10.6. The summed E-state index contributed by atoms with van der Waals surface area (Å²) in [6, 6.07) is 0. The van der Waals surface area contributed by atoms with Crippen LogP contribution >= 0.6 is 0 Å². The highest BCUT2D eigenvalue weighted by Gasteiger charge is 2.57. The molecule has 5 nitrogen and oxygen atoms in total. The summed E-state index contributed by atoms with van der Waals surface area (Å²) in [5.41, 5.74) is 5.01. The van der Waals surface area contributed by atoms with Crippen molar-refractivity contribution in [2.75, 3.05) is 13.1 Å². The Balaban J connectivity index is 1.64. The summed E-state index contributed by atoms with van der Waals surface area (Å²) in [5, 5.41) is 11.3. The lowest BCUT2D eigenvalue weighted by molar-refractivity contribution is -0.132. The van der Waals surface area contributed by atoms with Gasteiger partial charge in [-0.05, 0) is 64.7 Å². The van der Waals surface area contributed by atoms with Crippen molar-refractivity contribution in [3.63, 3.8) is 0 Å². The first kappa shape index (κ1) is 17.0. The summed E-state index contributed by atoms with van der Waals surface area (Å²) >= 11 is 0. The maximum absolute atomic E-state index is 12.2. The molecule has 4 fully saturated rings. The van der Waals surface area contributed by atoms with Crippen LogP contribution in [-0.2, 0) is 4.74 Å². The van der Waals surface area contributed by atoms with Gasteiger partial charge in [-0.1, -0.05) is 12.8 Å². The van der Waals surface area contributed by atoms with E-state index in [4.69, 9.17) is 10.5 Å². The molecule has 23 heavy (non-hydrogen) atoms. The lowest BCUT2D eigenvalue weighted by atomic mass is 9.53. The Labute approximate surface area is 139 Å². The van der Waals surface area contributed by atoms with Gasteiger partial charge in [0.1, 0.15) is 5.60 Å². The van der Waals surface area contributed by atoms with E-state index < -0.39 is 16.7 Å². The second-order valence-electron chi connectivity index (χ2n) is 8.96. The van der Waals surface area contributed by atoms with Crippen molar-refractivity contribution in [2.45, 2.75) is 82.5 Å². The van der Waals surface area contributed by atoms with E-state index in [0.29, 0.717) is 37.8 Å². The normalized spacial score (nSPS) is 36.8. The summed E-state index contributed by atoms with van der Waals surface area (Å²) in [5.74, 6) is 1.11. The van der Waals surface area contributed by atoms with Crippen LogP contribution in [0.3, 0.4) is 0 Å². The number of ether oxygens (including phenoxy) is 1. The standard InChI is InChI=1S/C18H32N2O3/c1-16(2,3)23-15(21)20-10-8-17(22,9-11-20)18(19)12-13-4-6-14(18)7-5-13/h13-14,22H,4-12,19H2,1-3H3.